The molecule has 1 fully saturated rings. The zero-order valence-electron chi connectivity index (χ0n) is 10.3. The van der Waals surface area contributed by atoms with Gasteiger partial charge in [-0.3, -0.25) is 0 Å². The Morgan fingerprint density at radius 2 is 2.19 bits per heavy atom. The minimum absolute atomic E-state index is 0.00620. The summed E-state index contributed by atoms with van der Waals surface area (Å²) < 4.78 is 0. The van der Waals surface area contributed by atoms with Gasteiger partial charge in [0, 0.05) is 23.1 Å². The predicted octanol–water partition coefficient (Wildman–Crippen LogP) is 2.32. The molecule has 3 atom stereocenters. The van der Waals surface area contributed by atoms with Crippen molar-refractivity contribution < 1.29 is 4.79 Å². The van der Waals surface area contributed by atoms with Gasteiger partial charge in [-0.25, -0.2) is 4.79 Å². The number of rotatable bonds is 5. The van der Waals surface area contributed by atoms with Crippen molar-refractivity contribution in [1.82, 2.24) is 10.6 Å². The van der Waals surface area contributed by atoms with Gasteiger partial charge in [0.05, 0.1) is 0 Å². The first-order valence-corrected chi connectivity index (χ1v) is 8.42. The van der Waals surface area contributed by atoms with Crippen molar-refractivity contribution in [2.24, 2.45) is 0 Å². The molecular weight excluding hydrogens is 240 g/mol. The van der Waals surface area contributed by atoms with E-state index in [9.17, 15) is 4.79 Å². The van der Waals surface area contributed by atoms with Crippen LogP contribution >= 0.6 is 23.5 Å². The smallest absolute Gasteiger partial charge is 0.315 e. The summed E-state index contributed by atoms with van der Waals surface area (Å²) in [6.07, 6.45) is 7.66. The molecule has 1 aliphatic rings. The van der Waals surface area contributed by atoms with E-state index in [1.165, 1.54) is 6.42 Å². The monoisotopic (exact) mass is 262 g/mol. The van der Waals surface area contributed by atoms with E-state index in [1.54, 1.807) is 11.8 Å². The van der Waals surface area contributed by atoms with E-state index in [0.29, 0.717) is 6.04 Å². The third-order valence-electron chi connectivity index (χ3n) is 2.85. The van der Waals surface area contributed by atoms with Crippen molar-refractivity contribution in [3.05, 3.63) is 0 Å². The molecular formula is C11H22N2OS2. The van der Waals surface area contributed by atoms with Crippen LogP contribution < -0.4 is 10.6 Å². The second-order valence-electron chi connectivity index (χ2n) is 4.34. The second-order valence-corrected chi connectivity index (χ2v) is 6.39. The molecule has 1 saturated carbocycles. The summed E-state index contributed by atoms with van der Waals surface area (Å²) in [4.78, 5) is 11.6. The van der Waals surface area contributed by atoms with E-state index in [1.807, 2.05) is 18.7 Å². The zero-order valence-corrected chi connectivity index (χ0v) is 11.9. The average Bonchev–Trinajstić information content (AvgIpc) is 2.65. The molecule has 1 aliphatic carbocycles. The Morgan fingerprint density at radius 3 is 2.75 bits per heavy atom. The van der Waals surface area contributed by atoms with Gasteiger partial charge >= 0.3 is 6.03 Å². The molecule has 0 aromatic rings. The highest BCUT2D eigenvalue weighted by Crippen LogP contribution is 2.27. The first-order chi connectivity index (χ1) is 7.65. The van der Waals surface area contributed by atoms with E-state index in [4.69, 9.17) is 0 Å². The number of amides is 2. The van der Waals surface area contributed by atoms with Gasteiger partial charge in [-0.05, 0) is 38.7 Å². The minimum Gasteiger partial charge on any atom is -0.335 e. The maximum Gasteiger partial charge on any atom is 0.315 e. The number of thioether (sulfide) groups is 2. The van der Waals surface area contributed by atoms with Gasteiger partial charge in [0.1, 0.15) is 0 Å². The van der Waals surface area contributed by atoms with Crippen molar-refractivity contribution in [3.63, 3.8) is 0 Å². The Hall–Kier alpha value is -0.0300. The lowest BCUT2D eigenvalue weighted by Crippen LogP contribution is -2.45. The SMILES string of the molecule is CSC[C@H](C)NC(=O)N[C@@H]1CC[C@H](SC)C1. The number of hydrogen-bond donors (Lipinski definition) is 2. The van der Waals surface area contributed by atoms with Crippen LogP contribution in [-0.2, 0) is 0 Å². The third kappa shape index (κ3) is 4.87. The Bertz CT molecular complexity index is 226. The van der Waals surface area contributed by atoms with Crippen LogP contribution in [0.15, 0.2) is 0 Å². The molecule has 0 spiro atoms. The Kier molecular flexibility index (Phi) is 6.43. The highest BCUT2D eigenvalue weighted by atomic mass is 32.2. The van der Waals surface area contributed by atoms with Gasteiger partial charge in [0.25, 0.3) is 0 Å². The van der Waals surface area contributed by atoms with Crippen molar-refractivity contribution in [2.45, 2.75) is 43.5 Å². The highest BCUT2D eigenvalue weighted by molar-refractivity contribution is 7.99. The maximum absolute atomic E-state index is 11.6. The summed E-state index contributed by atoms with van der Waals surface area (Å²) in [5.41, 5.74) is 0. The van der Waals surface area contributed by atoms with Gasteiger partial charge in [-0.1, -0.05) is 0 Å². The molecule has 2 amide bonds. The number of nitrogens with one attached hydrogen (secondary N) is 2. The number of hydrogen-bond acceptors (Lipinski definition) is 3. The van der Waals surface area contributed by atoms with E-state index < -0.39 is 0 Å². The lowest BCUT2D eigenvalue weighted by molar-refractivity contribution is 0.235. The molecule has 0 aromatic heterocycles. The quantitative estimate of drug-likeness (QED) is 0.799. The third-order valence-corrected chi connectivity index (χ3v) is 4.78. The molecule has 0 unspecified atom stereocenters. The molecule has 3 nitrogen and oxygen atoms in total. The van der Waals surface area contributed by atoms with Crippen LogP contribution in [0.3, 0.4) is 0 Å². The fourth-order valence-electron chi connectivity index (χ4n) is 2.03. The summed E-state index contributed by atoms with van der Waals surface area (Å²) in [6, 6.07) is 0.611. The molecule has 0 radical (unpaired) electrons. The van der Waals surface area contributed by atoms with Crippen LogP contribution in [0.1, 0.15) is 26.2 Å². The largest absolute Gasteiger partial charge is 0.335 e. The summed E-state index contributed by atoms with van der Waals surface area (Å²) >= 11 is 3.66. The fraction of sp³-hybridized carbons (Fsp3) is 0.909. The highest BCUT2D eigenvalue weighted by Gasteiger charge is 2.25. The Labute approximate surface area is 107 Å². The molecule has 16 heavy (non-hydrogen) atoms. The van der Waals surface area contributed by atoms with Crippen molar-refractivity contribution in [3.8, 4) is 0 Å². The zero-order chi connectivity index (χ0) is 12.0. The Balaban J connectivity index is 2.19. The first-order valence-electron chi connectivity index (χ1n) is 5.74. The first kappa shape index (κ1) is 14.0. The number of carbonyl (C=O) groups is 1. The molecule has 0 aliphatic heterocycles. The van der Waals surface area contributed by atoms with Crippen LogP contribution in [0.2, 0.25) is 0 Å². The number of urea groups is 1. The normalized spacial score (nSPS) is 26.4. The molecule has 0 aromatic carbocycles. The predicted molar refractivity (Wildman–Crippen MR) is 74.5 cm³/mol. The maximum atomic E-state index is 11.6. The van der Waals surface area contributed by atoms with Crippen molar-refractivity contribution in [2.75, 3.05) is 18.3 Å². The molecule has 0 saturated heterocycles. The average molecular weight is 262 g/mol. The lowest BCUT2D eigenvalue weighted by Gasteiger charge is -2.17. The second kappa shape index (κ2) is 7.33. The molecule has 94 valence electrons. The molecule has 0 heterocycles. The van der Waals surface area contributed by atoms with Crippen LogP contribution in [0.5, 0.6) is 0 Å². The van der Waals surface area contributed by atoms with E-state index in [0.717, 1.165) is 23.8 Å². The molecule has 0 bridgehead atoms. The van der Waals surface area contributed by atoms with E-state index in [2.05, 4.69) is 23.1 Å². The van der Waals surface area contributed by atoms with Gasteiger partial charge in [-0.2, -0.15) is 23.5 Å². The van der Waals surface area contributed by atoms with Crippen LogP contribution in [0.4, 0.5) is 4.79 Å². The van der Waals surface area contributed by atoms with Gasteiger partial charge < -0.3 is 10.6 Å². The summed E-state index contributed by atoms with van der Waals surface area (Å²) in [5.74, 6) is 0.964. The topological polar surface area (TPSA) is 41.1 Å². The number of carbonyl (C=O) groups excluding carboxylic acids is 1. The fourth-order valence-corrected chi connectivity index (χ4v) is 3.41. The molecule has 2 N–H and O–H groups in total. The Morgan fingerprint density at radius 1 is 1.44 bits per heavy atom. The van der Waals surface area contributed by atoms with Gasteiger partial charge in [0.2, 0.25) is 0 Å². The lowest BCUT2D eigenvalue weighted by atomic mass is 10.2. The van der Waals surface area contributed by atoms with Crippen molar-refractivity contribution in [1.29, 1.82) is 0 Å². The summed E-state index contributed by atoms with van der Waals surface area (Å²) in [7, 11) is 0. The molecule has 5 heteroatoms. The summed E-state index contributed by atoms with van der Waals surface area (Å²) in [5, 5.41) is 6.75. The standard InChI is InChI=1S/C11H22N2OS2/c1-8(7-15-2)12-11(14)13-9-4-5-10(6-9)16-3/h8-10H,4-7H2,1-3H3,(H2,12,13,14)/t8-,9+,10-/m0/s1. The van der Waals surface area contributed by atoms with Gasteiger partial charge in [-0.15, -0.1) is 0 Å². The molecule has 1 rings (SSSR count). The van der Waals surface area contributed by atoms with E-state index in [-0.39, 0.29) is 12.1 Å². The van der Waals surface area contributed by atoms with Crippen molar-refractivity contribution >= 4 is 29.6 Å². The van der Waals surface area contributed by atoms with Gasteiger partial charge in [0.15, 0.2) is 0 Å². The minimum atomic E-state index is -0.00620. The van der Waals surface area contributed by atoms with Crippen LogP contribution in [0.25, 0.3) is 0 Å². The van der Waals surface area contributed by atoms with E-state index >= 15 is 0 Å². The van der Waals surface area contributed by atoms with Crippen LogP contribution in [-0.4, -0.2) is 41.6 Å². The van der Waals surface area contributed by atoms with Crippen LogP contribution in [0, 0.1) is 0 Å². The summed E-state index contributed by atoms with van der Waals surface area (Å²) in [6.45, 7) is 2.04.